The van der Waals surface area contributed by atoms with E-state index in [0.717, 1.165) is 0 Å². The highest BCUT2D eigenvalue weighted by Crippen LogP contribution is 2.13. The minimum atomic E-state index is -0.314. The number of urea groups is 1. The number of rotatable bonds is 3. The number of nitrogens with one attached hydrogen (secondary N) is 1. The van der Waals surface area contributed by atoms with Crippen molar-refractivity contribution in [3.8, 4) is 0 Å². The Balaban J connectivity index is 1.97. The fourth-order valence-electron chi connectivity index (χ4n) is 1.43. The van der Waals surface area contributed by atoms with Gasteiger partial charge in [0, 0.05) is 30.7 Å². The Morgan fingerprint density at radius 2 is 2.28 bits per heavy atom. The van der Waals surface area contributed by atoms with Crippen LogP contribution in [0.4, 0.5) is 14.3 Å². The second kappa shape index (κ2) is 5.59. The summed E-state index contributed by atoms with van der Waals surface area (Å²) in [5, 5.41) is 4.93. The second-order valence-corrected chi connectivity index (χ2v) is 4.61. The second-order valence-electron chi connectivity index (χ2n) is 3.71. The number of carbonyl (C=O) groups is 1. The van der Waals surface area contributed by atoms with Gasteiger partial charge in [-0.2, -0.15) is 0 Å². The summed E-state index contributed by atoms with van der Waals surface area (Å²) in [6.45, 7) is 0.212. The Bertz CT molecular complexity index is 530. The fourth-order valence-corrected chi connectivity index (χ4v) is 1.94. The lowest BCUT2D eigenvalue weighted by molar-refractivity contribution is 0.220. The van der Waals surface area contributed by atoms with Gasteiger partial charge in [0.15, 0.2) is 5.13 Å². The zero-order chi connectivity index (χ0) is 13.0. The van der Waals surface area contributed by atoms with E-state index in [1.807, 2.05) is 0 Å². The lowest BCUT2D eigenvalue weighted by Gasteiger charge is -2.17. The number of halogens is 1. The number of benzene rings is 1. The summed E-state index contributed by atoms with van der Waals surface area (Å²) in [6, 6.07) is 6.08. The Morgan fingerprint density at radius 1 is 1.50 bits per heavy atom. The third kappa shape index (κ3) is 3.04. The summed E-state index contributed by atoms with van der Waals surface area (Å²) >= 11 is 1.33. The maximum absolute atomic E-state index is 13.4. The fraction of sp³-hybridized carbons (Fsp3) is 0.167. The summed E-state index contributed by atoms with van der Waals surface area (Å²) < 4.78 is 13.4. The van der Waals surface area contributed by atoms with E-state index < -0.39 is 0 Å². The molecule has 0 spiro atoms. The highest BCUT2D eigenvalue weighted by Gasteiger charge is 2.12. The number of anilines is 1. The van der Waals surface area contributed by atoms with E-state index in [4.69, 9.17) is 0 Å². The zero-order valence-corrected chi connectivity index (χ0v) is 10.6. The van der Waals surface area contributed by atoms with E-state index >= 15 is 0 Å². The number of amides is 2. The third-order valence-electron chi connectivity index (χ3n) is 2.36. The maximum atomic E-state index is 13.4. The van der Waals surface area contributed by atoms with Crippen LogP contribution in [0.25, 0.3) is 0 Å². The average molecular weight is 265 g/mol. The van der Waals surface area contributed by atoms with Crippen molar-refractivity contribution in [2.45, 2.75) is 6.54 Å². The minimum absolute atomic E-state index is 0.212. The number of thiazole rings is 1. The first-order valence-corrected chi connectivity index (χ1v) is 6.20. The number of hydrogen-bond acceptors (Lipinski definition) is 3. The van der Waals surface area contributed by atoms with Crippen molar-refractivity contribution in [2.75, 3.05) is 12.4 Å². The molecule has 2 amide bonds. The van der Waals surface area contributed by atoms with Crippen molar-refractivity contribution >= 4 is 22.5 Å². The Morgan fingerprint density at radius 3 is 2.94 bits per heavy atom. The Labute approximate surface area is 108 Å². The highest BCUT2D eigenvalue weighted by molar-refractivity contribution is 7.13. The molecule has 1 aromatic carbocycles. The largest absolute Gasteiger partial charge is 0.323 e. The number of aromatic nitrogens is 1. The molecule has 0 aliphatic heterocycles. The molecular formula is C12H12FN3OS. The van der Waals surface area contributed by atoms with Crippen LogP contribution in [0, 0.1) is 5.82 Å². The van der Waals surface area contributed by atoms with E-state index in [1.165, 1.54) is 22.3 Å². The van der Waals surface area contributed by atoms with Crippen molar-refractivity contribution in [3.05, 3.63) is 47.2 Å². The van der Waals surface area contributed by atoms with Crippen LogP contribution >= 0.6 is 11.3 Å². The Kier molecular flexibility index (Phi) is 3.88. The van der Waals surface area contributed by atoms with Gasteiger partial charge in [0.25, 0.3) is 0 Å². The number of nitrogens with zero attached hydrogens (tertiary/aromatic N) is 2. The summed E-state index contributed by atoms with van der Waals surface area (Å²) in [5.74, 6) is -0.314. The van der Waals surface area contributed by atoms with Crippen molar-refractivity contribution in [3.63, 3.8) is 0 Å². The van der Waals surface area contributed by atoms with Gasteiger partial charge >= 0.3 is 6.03 Å². The zero-order valence-electron chi connectivity index (χ0n) is 9.76. The van der Waals surface area contributed by atoms with Crippen LogP contribution in [-0.2, 0) is 6.54 Å². The van der Waals surface area contributed by atoms with Crippen LogP contribution in [0.5, 0.6) is 0 Å². The first-order valence-electron chi connectivity index (χ1n) is 5.32. The molecule has 0 aliphatic carbocycles. The molecule has 18 heavy (non-hydrogen) atoms. The molecule has 2 aromatic rings. The van der Waals surface area contributed by atoms with Crippen molar-refractivity contribution < 1.29 is 9.18 Å². The van der Waals surface area contributed by atoms with Crippen LogP contribution in [0.1, 0.15) is 5.56 Å². The van der Waals surface area contributed by atoms with E-state index in [-0.39, 0.29) is 18.4 Å². The molecule has 1 aromatic heterocycles. The van der Waals surface area contributed by atoms with E-state index in [9.17, 15) is 9.18 Å². The predicted octanol–water partition coefficient (Wildman–Crippen LogP) is 2.95. The van der Waals surface area contributed by atoms with Gasteiger partial charge in [0.05, 0.1) is 0 Å². The van der Waals surface area contributed by atoms with Gasteiger partial charge in [0.1, 0.15) is 5.82 Å². The molecule has 0 saturated heterocycles. The van der Waals surface area contributed by atoms with Crippen molar-refractivity contribution in [1.82, 2.24) is 9.88 Å². The van der Waals surface area contributed by atoms with Gasteiger partial charge in [-0.25, -0.2) is 14.2 Å². The molecule has 94 valence electrons. The summed E-state index contributed by atoms with van der Waals surface area (Å²) in [4.78, 5) is 17.1. The minimum Gasteiger partial charge on any atom is -0.323 e. The summed E-state index contributed by atoms with van der Waals surface area (Å²) in [5.41, 5.74) is 0.481. The molecule has 0 saturated carbocycles. The maximum Gasteiger partial charge on any atom is 0.323 e. The molecule has 2 rings (SSSR count). The van der Waals surface area contributed by atoms with E-state index in [0.29, 0.717) is 10.7 Å². The van der Waals surface area contributed by atoms with Crippen LogP contribution < -0.4 is 5.32 Å². The van der Waals surface area contributed by atoms with Gasteiger partial charge in [0.2, 0.25) is 0 Å². The van der Waals surface area contributed by atoms with Gasteiger partial charge < -0.3 is 4.90 Å². The van der Waals surface area contributed by atoms with Crippen molar-refractivity contribution in [2.24, 2.45) is 0 Å². The van der Waals surface area contributed by atoms with Gasteiger partial charge in [-0.3, -0.25) is 5.32 Å². The molecule has 1 heterocycles. The van der Waals surface area contributed by atoms with Crippen LogP contribution in [0.15, 0.2) is 35.8 Å². The molecule has 0 bridgehead atoms. The molecule has 6 heteroatoms. The first-order chi connectivity index (χ1) is 8.66. The Hall–Kier alpha value is -1.95. The molecule has 0 radical (unpaired) electrons. The summed E-state index contributed by atoms with van der Waals surface area (Å²) in [6.07, 6.45) is 1.61. The standard InChI is InChI=1S/C12H12FN3OS/c1-16(8-9-4-2-3-5-10(9)13)12(17)15-11-14-6-7-18-11/h2-7H,8H2,1H3,(H,14,15,17). The van der Waals surface area contributed by atoms with Crippen molar-refractivity contribution in [1.29, 1.82) is 0 Å². The SMILES string of the molecule is CN(Cc1ccccc1F)C(=O)Nc1nccs1. The molecule has 0 unspecified atom stereocenters. The van der Waals surface area contributed by atoms with Gasteiger partial charge in [-0.15, -0.1) is 11.3 Å². The summed E-state index contributed by atoms with van der Waals surface area (Å²) in [7, 11) is 1.61. The first kappa shape index (κ1) is 12.5. The van der Waals surface area contributed by atoms with Crippen LogP contribution in [0.2, 0.25) is 0 Å². The molecule has 0 aliphatic rings. The molecular weight excluding hydrogens is 253 g/mol. The predicted molar refractivity (Wildman–Crippen MR) is 69.0 cm³/mol. The lowest BCUT2D eigenvalue weighted by Crippen LogP contribution is -2.31. The lowest BCUT2D eigenvalue weighted by atomic mass is 10.2. The third-order valence-corrected chi connectivity index (χ3v) is 3.05. The molecule has 1 N–H and O–H groups in total. The number of hydrogen-bond donors (Lipinski definition) is 1. The van der Waals surface area contributed by atoms with Gasteiger partial charge in [-0.05, 0) is 6.07 Å². The monoisotopic (exact) mass is 265 g/mol. The van der Waals surface area contributed by atoms with E-state index in [2.05, 4.69) is 10.3 Å². The molecule has 4 nitrogen and oxygen atoms in total. The average Bonchev–Trinajstić information content (AvgIpc) is 2.84. The smallest absolute Gasteiger partial charge is 0.323 e. The van der Waals surface area contributed by atoms with Gasteiger partial charge in [-0.1, -0.05) is 18.2 Å². The normalized spacial score (nSPS) is 10.1. The highest BCUT2D eigenvalue weighted by atomic mass is 32.1. The van der Waals surface area contributed by atoms with Crippen LogP contribution in [0.3, 0.4) is 0 Å². The van der Waals surface area contributed by atoms with E-state index in [1.54, 1.807) is 36.8 Å². The van der Waals surface area contributed by atoms with Crippen LogP contribution in [-0.4, -0.2) is 23.0 Å². The number of carbonyl (C=O) groups excluding carboxylic acids is 1. The topological polar surface area (TPSA) is 45.2 Å². The molecule has 0 atom stereocenters. The quantitative estimate of drug-likeness (QED) is 0.927. The molecule has 0 fully saturated rings.